The quantitative estimate of drug-likeness (QED) is 0.679. The molecule has 0 saturated heterocycles. The van der Waals surface area contributed by atoms with Crippen molar-refractivity contribution in [1.82, 2.24) is 0 Å². The summed E-state index contributed by atoms with van der Waals surface area (Å²) in [6, 6.07) is 4.76. The van der Waals surface area contributed by atoms with Gasteiger partial charge >= 0.3 is 0 Å². The first-order valence-corrected chi connectivity index (χ1v) is 5.01. The van der Waals surface area contributed by atoms with Crippen molar-refractivity contribution in [2.24, 2.45) is 0 Å². The lowest BCUT2D eigenvalue weighted by Crippen LogP contribution is -1.95. The molecule has 1 aromatic rings. The Morgan fingerprint density at radius 1 is 1.23 bits per heavy atom. The molecule has 0 aliphatic heterocycles. The number of benzene rings is 1. The Hall–Kier alpha value is -0.560. The topological polar surface area (TPSA) is 0 Å². The van der Waals surface area contributed by atoms with Gasteiger partial charge in [-0.2, -0.15) is 0 Å². The smallest absolute Gasteiger partial charge is 0.124 e. The zero-order valence-electron chi connectivity index (χ0n) is 7.98. The third-order valence-electron chi connectivity index (χ3n) is 2.34. The maximum absolute atomic E-state index is 13.0. The van der Waals surface area contributed by atoms with Crippen molar-refractivity contribution in [2.75, 3.05) is 0 Å². The molecule has 0 radical (unpaired) electrons. The average molecular weight is 201 g/mol. The zero-order chi connectivity index (χ0) is 9.84. The Balaban J connectivity index is 2.99. The molecule has 2 heteroatoms. The summed E-state index contributed by atoms with van der Waals surface area (Å²) < 4.78 is 13.0. The summed E-state index contributed by atoms with van der Waals surface area (Å²) >= 11 is 5.77. The van der Waals surface area contributed by atoms with E-state index in [1.807, 2.05) is 6.07 Å². The molecule has 0 aromatic heterocycles. The molecule has 0 atom stereocenters. The summed E-state index contributed by atoms with van der Waals surface area (Å²) in [7, 11) is 0. The number of hydrogen-bond donors (Lipinski definition) is 0. The molecule has 0 saturated carbocycles. The first-order chi connectivity index (χ1) is 6.17. The summed E-state index contributed by atoms with van der Waals surface area (Å²) in [5.74, 6) is 0.183. The summed E-state index contributed by atoms with van der Waals surface area (Å²) in [6.45, 7) is 4.21. The minimum absolute atomic E-state index is 0.241. The van der Waals surface area contributed by atoms with Crippen molar-refractivity contribution in [1.29, 1.82) is 0 Å². The largest absolute Gasteiger partial charge is 0.207 e. The Kier molecular flexibility index (Phi) is 3.73. The standard InChI is InChI=1S/C11H14ClF/c1-3-8(4-2)9-5-10(12)7-11(13)6-9/h5-8H,3-4H2,1-2H3. The summed E-state index contributed by atoms with van der Waals surface area (Å²) in [4.78, 5) is 0. The van der Waals surface area contributed by atoms with Crippen LogP contribution < -0.4 is 0 Å². The van der Waals surface area contributed by atoms with Crippen LogP contribution in [0.2, 0.25) is 5.02 Å². The van der Waals surface area contributed by atoms with E-state index in [4.69, 9.17) is 11.6 Å². The van der Waals surface area contributed by atoms with Crippen molar-refractivity contribution in [3.05, 3.63) is 34.6 Å². The van der Waals surface area contributed by atoms with E-state index in [2.05, 4.69) is 13.8 Å². The van der Waals surface area contributed by atoms with Gasteiger partial charge < -0.3 is 0 Å². The molecule has 0 spiro atoms. The van der Waals surface area contributed by atoms with Crippen LogP contribution in [0.1, 0.15) is 38.2 Å². The summed E-state index contributed by atoms with van der Waals surface area (Å²) in [6.07, 6.45) is 2.05. The molecule has 0 heterocycles. The Bertz CT molecular complexity index is 259. The van der Waals surface area contributed by atoms with E-state index in [-0.39, 0.29) is 5.82 Å². The molecule has 0 nitrogen and oxygen atoms in total. The van der Waals surface area contributed by atoms with Gasteiger partial charge in [-0.3, -0.25) is 0 Å². The molecule has 0 unspecified atom stereocenters. The van der Waals surface area contributed by atoms with E-state index in [1.165, 1.54) is 6.07 Å². The van der Waals surface area contributed by atoms with Crippen LogP contribution >= 0.6 is 11.6 Å². The fourth-order valence-electron chi connectivity index (χ4n) is 1.57. The van der Waals surface area contributed by atoms with Gasteiger partial charge in [0.2, 0.25) is 0 Å². The minimum atomic E-state index is -0.241. The third kappa shape index (κ3) is 2.70. The predicted molar refractivity (Wildman–Crippen MR) is 54.7 cm³/mol. The highest BCUT2D eigenvalue weighted by Gasteiger charge is 2.08. The predicted octanol–water partition coefficient (Wildman–Crippen LogP) is 4.38. The van der Waals surface area contributed by atoms with Crippen molar-refractivity contribution in [2.45, 2.75) is 32.6 Å². The van der Waals surface area contributed by atoms with Gasteiger partial charge in [-0.15, -0.1) is 0 Å². The van der Waals surface area contributed by atoms with E-state index in [0.717, 1.165) is 18.4 Å². The van der Waals surface area contributed by atoms with E-state index >= 15 is 0 Å². The van der Waals surface area contributed by atoms with Crippen LogP contribution in [0.25, 0.3) is 0 Å². The van der Waals surface area contributed by atoms with Crippen LogP contribution in [-0.2, 0) is 0 Å². The van der Waals surface area contributed by atoms with Gasteiger partial charge in [-0.1, -0.05) is 25.4 Å². The van der Waals surface area contributed by atoms with Gasteiger partial charge in [0.05, 0.1) is 0 Å². The molecule has 0 fully saturated rings. The molecular weight excluding hydrogens is 187 g/mol. The van der Waals surface area contributed by atoms with E-state index in [9.17, 15) is 4.39 Å². The van der Waals surface area contributed by atoms with Gasteiger partial charge in [-0.05, 0) is 42.5 Å². The second-order valence-electron chi connectivity index (χ2n) is 3.22. The van der Waals surface area contributed by atoms with Crippen LogP contribution in [0.4, 0.5) is 4.39 Å². The van der Waals surface area contributed by atoms with Crippen molar-refractivity contribution < 1.29 is 4.39 Å². The Morgan fingerprint density at radius 2 is 1.85 bits per heavy atom. The van der Waals surface area contributed by atoms with Crippen molar-refractivity contribution in [3.8, 4) is 0 Å². The van der Waals surface area contributed by atoms with E-state index in [1.54, 1.807) is 6.07 Å². The maximum atomic E-state index is 13.0. The summed E-state index contributed by atoms with van der Waals surface area (Å²) in [5, 5.41) is 0.488. The lowest BCUT2D eigenvalue weighted by atomic mass is 9.94. The van der Waals surface area contributed by atoms with Crippen molar-refractivity contribution >= 4 is 11.6 Å². The van der Waals surface area contributed by atoms with Gasteiger partial charge in [-0.25, -0.2) is 4.39 Å². The van der Waals surface area contributed by atoms with E-state index < -0.39 is 0 Å². The van der Waals surface area contributed by atoms with Crippen LogP contribution in [0.3, 0.4) is 0 Å². The van der Waals surface area contributed by atoms with Gasteiger partial charge in [0.15, 0.2) is 0 Å². The second kappa shape index (κ2) is 4.61. The highest BCUT2D eigenvalue weighted by Crippen LogP contribution is 2.26. The zero-order valence-corrected chi connectivity index (χ0v) is 8.74. The first kappa shape index (κ1) is 10.5. The van der Waals surface area contributed by atoms with Crippen LogP contribution in [0, 0.1) is 5.82 Å². The normalized spacial score (nSPS) is 10.8. The van der Waals surface area contributed by atoms with Gasteiger partial charge in [0.1, 0.15) is 5.82 Å². The molecule has 1 rings (SSSR count). The fourth-order valence-corrected chi connectivity index (χ4v) is 1.80. The molecule has 0 aliphatic carbocycles. The SMILES string of the molecule is CCC(CC)c1cc(F)cc(Cl)c1. The molecule has 0 aliphatic rings. The number of halogens is 2. The molecule has 72 valence electrons. The van der Waals surface area contributed by atoms with Crippen molar-refractivity contribution in [3.63, 3.8) is 0 Å². The third-order valence-corrected chi connectivity index (χ3v) is 2.56. The van der Waals surface area contributed by atoms with Gasteiger partial charge in [0.25, 0.3) is 0 Å². The van der Waals surface area contributed by atoms with Crippen LogP contribution in [0.5, 0.6) is 0 Å². The molecule has 0 amide bonds. The molecule has 0 bridgehead atoms. The molecule has 13 heavy (non-hydrogen) atoms. The second-order valence-corrected chi connectivity index (χ2v) is 3.65. The lowest BCUT2D eigenvalue weighted by Gasteiger charge is -2.12. The van der Waals surface area contributed by atoms with E-state index in [0.29, 0.717) is 10.9 Å². The Labute approximate surface area is 83.7 Å². The van der Waals surface area contributed by atoms with Crippen LogP contribution in [-0.4, -0.2) is 0 Å². The maximum Gasteiger partial charge on any atom is 0.124 e. The molecule has 0 N–H and O–H groups in total. The number of hydrogen-bond acceptors (Lipinski definition) is 0. The fraction of sp³-hybridized carbons (Fsp3) is 0.455. The highest BCUT2D eigenvalue weighted by atomic mass is 35.5. The molecule has 1 aromatic carbocycles. The monoisotopic (exact) mass is 200 g/mol. The summed E-state index contributed by atoms with van der Waals surface area (Å²) in [5.41, 5.74) is 1.01. The number of rotatable bonds is 3. The molecular formula is C11H14ClF. The minimum Gasteiger partial charge on any atom is -0.207 e. The van der Waals surface area contributed by atoms with Gasteiger partial charge in [0, 0.05) is 5.02 Å². The highest BCUT2D eigenvalue weighted by molar-refractivity contribution is 6.30. The average Bonchev–Trinajstić information content (AvgIpc) is 2.04. The first-order valence-electron chi connectivity index (χ1n) is 4.63. The van der Waals surface area contributed by atoms with Crippen LogP contribution in [0.15, 0.2) is 18.2 Å². The Morgan fingerprint density at radius 3 is 2.31 bits per heavy atom. The lowest BCUT2D eigenvalue weighted by molar-refractivity contribution is 0.605.